The van der Waals surface area contributed by atoms with E-state index in [2.05, 4.69) is 18.6 Å². The average molecular weight is 319 g/mol. The Hall–Kier alpha value is -0.780. The fourth-order valence-electron chi connectivity index (χ4n) is 1.52. The second kappa shape index (κ2) is 5.92. The summed E-state index contributed by atoms with van der Waals surface area (Å²) in [5.74, 6) is 0.363. The van der Waals surface area contributed by atoms with Crippen molar-refractivity contribution in [1.82, 2.24) is 4.72 Å². The van der Waals surface area contributed by atoms with E-state index >= 15 is 0 Å². The molecule has 0 aromatic heterocycles. The van der Waals surface area contributed by atoms with E-state index in [1.54, 1.807) is 13.0 Å². The topological polar surface area (TPSA) is 72.2 Å². The minimum Gasteiger partial charge on any atom is -0.397 e. The lowest BCUT2D eigenvalue weighted by molar-refractivity contribution is 0.252. The quantitative estimate of drug-likeness (QED) is 0.819. The van der Waals surface area contributed by atoms with Crippen LogP contribution < -0.4 is 10.5 Å². The molecular formula is C14H23ClN2O2S. The number of hydrogen-bond donors (Lipinski definition) is 2. The van der Waals surface area contributed by atoms with Crippen LogP contribution in [0.1, 0.15) is 33.3 Å². The maximum Gasteiger partial charge on any atom is 0.240 e. The molecule has 0 aliphatic carbocycles. The Labute approximate surface area is 126 Å². The van der Waals surface area contributed by atoms with Gasteiger partial charge in [-0.1, -0.05) is 39.3 Å². The Morgan fingerprint density at radius 1 is 1.35 bits per heavy atom. The van der Waals surface area contributed by atoms with Gasteiger partial charge >= 0.3 is 0 Å². The van der Waals surface area contributed by atoms with Gasteiger partial charge in [-0.3, -0.25) is 0 Å². The zero-order valence-corrected chi connectivity index (χ0v) is 14.2. The number of hydrogen-bond acceptors (Lipinski definition) is 3. The predicted octanol–water partition coefficient (Wildman–Crippen LogP) is 3.19. The van der Waals surface area contributed by atoms with Gasteiger partial charge in [0.2, 0.25) is 10.0 Å². The largest absolute Gasteiger partial charge is 0.397 e. The van der Waals surface area contributed by atoms with E-state index in [9.17, 15) is 8.42 Å². The van der Waals surface area contributed by atoms with Crippen LogP contribution in [0.4, 0.5) is 5.69 Å². The number of sulfonamides is 1. The fraction of sp³-hybridized carbons (Fsp3) is 0.571. The molecule has 20 heavy (non-hydrogen) atoms. The second-order valence-corrected chi connectivity index (χ2v) is 8.25. The molecule has 0 unspecified atom stereocenters. The van der Waals surface area contributed by atoms with Crippen molar-refractivity contribution in [3.05, 3.63) is 22.7 Å². The number of aryl methyl sites for hydroxylation is 1. The summed E-state index contributed by atoms with van der Waals surface area (Å²) in [7, 11) is -3.59. The molecule has 0 bridgehead atoms. The van der Waals surface area contributed by atoms with Crippen LogP contribution in [-0.2, 0) is 10.0 Å². The zero-order chi connectivity index (χ0) is 15.7. The number of anilines is 1. The summed E-state index contributed by atoms with van der Waals surface area (Å²) < 4.78 is 27.4. The van der Waals surface area contributed by atoms with Gasteiger partial charge in [-0.25, -0.2) is 13.1 Å². The van der Waals surface area contributed by atoms with Crippen molar-refractivity contribution < 1.29 is 8.42 Å². The molecule has 114 valence electrons. The van der Waals surface area contributed by atoms with E-state index in [1.165, 1.54) is 6.07 Å². The molecular weight excluding hydrogens is 296 g/mol. The van der Waals surface area contributed by atoms with Crippen LogP contribution in [0.25, 0.3) is 0 Å². The highest BCUT2D eigenvalue weighted by Crippen LogP contribution is 2.28. The lowest BCUT2D eigenvalue weighted by Crippen LogP contribution is -2.37. The van der Waals surface area contributed by atoms with Gasteiger partial charge in [0.1, 0.15) is 0 Å². The first-order valence-electron chi connectivity index (χ1n) is 6.52. The van der Waals surface area contributed by atoms with Crippen molar-refractivity contribution in [3.63, 3.8) is 0 Å². The molecule has 0 saturated heterocycles. The van der Waals surface area contributed by atoms with Gasteiger partial charge in [-0.15, -0.1) is 0 Å². The molecule has 0 aliphatic rings. The summed E-state index contributed by atoms with van der Waals surface area (Å²) in [5.41, 5.74) is 6.41. The molecule has 1 aromatic rings. The van der Waals surface area contributed by atoms with Crippen LogP contribution in [-0.4, -0.2) is 15.0 Å². The molecule has 1 aromatic carbocycles. The van der Waals surface area contributed by atoms with Crippen LogP contribution >= 0.6 is 11.6 Å². The third kappa shape index (κ3) is 3.87. The van der Waals surface area contributed by atoms with Gasteiger partial charge in [-0.05, 0) is 36.0 Å². The number of nitrogens with one attached hydrogen (secondary N) is 1. The lowest BCUT2D eigenvalue weighted by Gasteiger charge is -2.29. The molecule has 0 fully saturated rings. The van der Waals surface area contributed by atoms with E-state index in [1.807, 2.05) is 13.8 Å². The Balaban J connectivity index is 3.04. The Bertz CT molecular complexity index is 595. The second-order valence-electron chi connectivity index (χ2n) is 6.11. The summed E-state index contributed by atoms with van der Waals surface area (Å²) in [6, 6.07) is 2.97. The lowest BCUT2D eigenvalue weighted by atomic mass is 9.81. The van der Waals surface area contributed by atoms with Crippen molar-refractivity contribution >= 4 is 27.3 Å². The Morgan fingerprint density at radius 2 is 1.90 bits per heavy atom. The molecule has 1 rings (SSSR count). The number of nitrogen functional groups attached to an aromatic ring is 1. The molecule has 6 heteroatoms. The van der Waals surface area contributed by atoms with Gasteiger partial charge in [0.05, 0.1) is 15.6 Å². The molecule has 0 atom stereocenters. The summed E-state index contributed by atoms with van der Waals surface area (Å²) >= 11 is 5.89. The Kier molecular flexibility index (Phi) is 5.11. The number of benzene rings is 1. The Morgan fingerprint density at radius 3 is 2.40 bits per heavy atom. The maximum absolute atomic E-state index is 12.4. The standard InChI is InChI=1S/C14H23ClN2O2S/c1-9(2)14(4,5)8-17-20(18,19)13-7-12(16)11(15)6-10(13)3/h6-7,9,17H,8,16H2,1-5H3. The number of halogens is 1. The van der Waals surface area contributed by atoms with E-state index in [4.69, 9.17) is 17.3 Å². The summed E-state index contributed by atoms with van der Waals surface area (Å²) in [6.07, 6.45) is 0. The van der Waals surface area contributed by atoms with Crippen LogP contribution in [0.2, 0.25) is 5.02 Å². The van der Waals surface area contributed by atoms with Crippen LogP contribution in [0, 0.1) is 18.3 Å². The molecule has 0 heterocycles. The van der Waals surface area contributed by atoms with E-state index in [0.717, 1.165) is 0 Å². The average Bonchev–Trinajstić information content (AvgIpc) is 2.31. The first-order chi connectivity index (χ1) is 8.97. The first-order valence-corrected chi connectivity index (χ1v) is 8.39. The molecule has 0 saturated carbocycles. The van der Waals surface area contributed by atoms with Crippen LogP contribution in [0.5, 0.6) is 0 Å². The fourth-order valence-corrected chi connectivity index (χ4v) is 3.22. The van der Waals surface area contributed by atoms with E-state index in [0.29, 0.717) is 23.0 Å². The molecule has 0 aliphatic heterocycles. The predicted molar refractivity (Wildman–Crippen MR) is 84.4 cm³/mol. The monoisotopic (exact) mass is 318 g/mol. The van der Waals surface area contributed by atoms with E-state index in [-0.39, 0.29) is 16.0 Å². The van der Waals surface area contributed by atoms with Crippen molar-refractivity contribution in [2.24, 2.45) is 11.3 Å². The van der Waals surface area contributed by atoms with Crippen molar-refractivity contribution in [3.8, 4) is 0 Å². The van der Waals surface area contributed by atoms with Gasteiger partial charge in [0.15, 0.2) is 0 Å². The molecule has 3 N–H and O–H groups in total. The maximum atomic E-state index is 12.4. The van der Waals surface area contributed by atoms with Crippen molar-refractivity contribution in [2.75, 3.05) is 12.3 Å². The minimum absolute atomic E-state index is 0.126. The minimum atomic E-state index is -3.59. The molecule has 0 amide bonds. The third-order valence-electron chi connectivity index (χ3n) is 3.86. The highest BCUT2D eigenvalue weighted by molar-refractivity contribution is 7.89. The molecule has 0 spiro atoms. The summed E-state index contributed by atoms with van der Waals surface area (Å²) in [4.78, 5) is 0.180. The van der Waals surface area contributed by atoms with Gasteiger partial charge < -0.3 is 5.73 Å². The highest BCUT2D eigenvalue weighted by Gasteiger charge is 2.26. The van der Waals surface area contributed by atoms with Gasteiger partial charge in [0.25, 0.3) is 0 Å². The third-order valence-corrected chi connectivity index (χ3v) is 5.74. The van der Waals surface area contributed by atoms with Crippen LogP contribution in [0.3, 0.4) is 0 Å². The number of rotatable bonds is 5. The smallest absolute Gasteiger partial charge is 0.240 e. The normalized spacial score (nSPS) is 12.9. The van der Waals surface area contributed by atoms with Gasteiger partial charge in [-0.2, -0.15) is 0 Å². The van der Waals surface area contributed by atoms with Crippen molar-refractivity contribution in [1.29, 1.82) is 0 Å². The molecule has 0 radical (unpaired) electrons. The SMILES string of the molecule is Cc1cc(Cl)c(N)cc1S(=O)(=O)NCC(C)(C)C(C)C. The van der Waals surface area contributed by atoms with Crippen molar-refractivity contribution in [2.45, 2.75) is 39.5 Å². The summed E-state index contributed by atoms with van der Waals surface area (Å²) in [6.45, 7) is 10.3. The first kappa shape index (κ1) is 17.3. The van der Waals surface area contributed by atoms with Gasteiger partial charge in [0, 0.05) is 6.54 Å². The summed E-state index contributed by atoms with van der Waals surface area (Å²) in [5, 5.41) is 0.365. The zero-order valence-electron chi connectivity index (χ0n) is 12.6. The van der Waals surface area contributed by atoms with E-state index < -0.39 is 10.0 Å². The van der Waals surface area contributed by atoms with Crippen LogP contribution in [0.15, 0.2) is 17.0 Å². The number of nitrogens with two attached hydrogens (primary N) is 1. The highest BCUT2D eigenvalue weighted by atomic mass is 35.5. The molecule has 4 nitrogen and oxygen atoms in total.